The summed E-state index contributed by atoms with van der Waals surface area (Å²) in [5, 5.41) is 16.5. The van der Waals surface area contributed by atoms with Crippen molar-refractivity contribution in [2.45, 2.75) is 0 Å². The fourth-order valence-electron chi connectivity index (χ4n) is 2.05. The maximum atomic E-state index is 13.2. The summed E-state index contributed by atoms with van der Waals surface area (Å²) in [4.78, 5) is 0. The number of hydrogen-bond acceptors (Lipinski definition) is 5. The summed E-state index contributed by atoms with van der Waals surface area (Å²) in [5.41, 5.74) is 1.56. The number of fused-ring (bicyclic) bond motifs is 1. The predicted molar refractivity (Wildman–Crippen MR) is 80.6 cm³/mol. The van der Waals surface area contributed by atoms with Gasteiger partial charge in [0.1, 0.15) is 11.6 Å². The van der Waals surface area contributed by atoms with Gasteiger partial charge in [-0.2, -0.15) is 15.9 Å². The maximum Gasteiger partial charge on any atom is 0.237 e. The van der Waals surface area contributed by atoms with E-state index in [-0.39, 0.29) is 5.82 Å². The molecule has 0 spiro atoms. The third-order valence-corrected chi connectivity index (χ3v) is 3.72. The van der Waals surface area contributed by atoms with Crippen molar-refractivity contribution in [2.75, 3.05) is 0 Å². The van der Waals surface area contributed by atoms with Gasteiger partial charge in [0.25, 0.3) is 0 Å². The number of nitrogens with zero attached hydrogens (tertiary/aromatic N) is 4. The molecule has 3 heterocycles. The second-order valence-corrected chi connectivity index (χ2v) is 5.32. The molecule has 0 saturated heterocycles. The summed E-state index contributed by atoms with van der Waals surface area (Å²) in [7, 11) is 0. The lowest BCUT2D eigenvalue weighted by Gasteiger charge is -2.05. The third kappa shape index (κ3) is 2.31. The number of rotatable bonds is 3. The van der Waals surface area contributed by atoms with E-state index in [1.54, 1.807) is 40.1 Å². The Morgan fingerprint density at radius 1 is 1.09 bits per heavy atom. The molecule has 4 aromatic rings. The van der Waals surface area contributed by atoms with Gasteiger partial charge < -0.3 is 4.74 Å². The van der Waals surface area contributed by atoms with Crippen LogP contribution in [0.3, 0.4) is 0 Å². The molecule has 0 atom stereocenters. The molecule has 5 nitrogen and oxygen atoms in total. The van der Waals surface area contributed by atoms with Crippen molar-refractivity contribution in [3.63, 3.8) is 0 Å². The van der Waals surface area contributed by atoms with Crippen LogP contribution in [-0.4, -0.2) is 19.8 Å². The Morgan fingerprint density at radius 2 is 2.05 bits per heavy atom. The second-order valence-electron chi connectivity index (χ2n) is 4.54. The minimum Gasteiger partial charge on any atom is -0.437 e. The van der Waals surface area contributed by atoms with Crippen molar-refractivity contribution in [3.8, 4) is 23.0 Å². The molecule has 0 aliphatic carbocycles. The lowest BCUT2D eigenvalue weighted by Crippen LogP contribution is -1.97. The number of thiophene rings is 1. The van der Waals surface area contributed by atoms with Crippen molar-refractivity contribution >= 4 is 17.0 Å². The van der Waals surface area contributed by atoms with Crippen LogP contribution >= 0.6 is 11.3 Å². The zero-order valence-corrected chi connectivity index (χ0v) is 12.0. The molecular formula is C15H9FN4OS. The quantitative estimate of drug-likeness (QED) is 0.577. The molecule has 0 aliphatic rings. The van der Waals surface area contributed by atoms with E-state index in [0.717, 1.165) is 5.56 Å². The molecule has 4 rings (SSSR count). The van der Waals surface area contributed by atoms with Gasteiger partial charge in [-0.25, -0.2) is 4.39 Å². The molecule has 0 saturated carbocycles. The first kappa shape index (κ1) is 12.9. The van der Waals surface area contributed by atoms with E-state index in [4.69, 9.17) is 4.74 Å². The summed E-state index contributed by atoms with van der Waals surface area (Å²) >= 11 is 1.57. The molecule has 0 radical (unpaired) electrons. The fraction of sp³-hybridized carbons (Fsp3) is 0. The normalized spacial score (nSPS) is 11.0. The number of benzene rings is 1. The molecule has 1 aromatic carbocycles. The average molecular weight is 312 g/mol. The smallest absolute Gasteiger partial charge is 0.237 e. The highest BCUT2D eigenvalue weighted by Gasteiger charge is 2.11. The molecule has 0 bridgehead atoms. The maximum absolute atomic E-state index is 13.2. The Kier molecular flexibility index (Phi) is 3.05. The molecule has 0 unspecified atom stereocenters. The Hall–Kier alpha value is -2.80. The van der Waals surface area contributed by atoms with Crippen molar-refractivity contribution in [3.05, 3.63) is 59.0 Å². The summed E-state index contributed by atoms with van der Waals surface area (Å²) in [5.74, 6) is 1.01. The second kappa shape index (κ2) is 5.19. The molecule has 0 N–H and O–H groups in total. The van der Waals surface area contributed by atoms with Crippen molar-refractivity contribution in [1.29, 1.82) is 0 Å². The number of hydrogen-bond donors (Lipinski definition) is 0. The summed E-state index contributed by atoms with van der Waals surface area (Å²) in [6.45, 7) is 0. The van der Waals surface area contributed by atoms with E-state index in [1.807, 2.05) is 16.8 Å². The lowest BCUT2D eigenvalue weighted by molar-refractivity contribution is 0.448. The minimum absolute atomic E-state index is 0.342. The number of ether oxygens (including phenoxy) is 1. The molecule has 0 aliphatic heterocycles. The Labute approximate surface area is 128 Å². The van der Waals surface area contributed by atoms with Crippen LogP contribution in [-0.2, 0) is 0 Å². The van der Waals surface area contributed by atoms with E-state index in [0.29, 0.717) is 23.1 Å². The fourth-order valence-corrected chi connectivity index (χ4v) is 2.68. The van der Waals surface area contributed by atoms with Crippen molar-refractivity contribution < 1.29 is 9.13 Å². The summed E-state index contributed by atoms with van der Waals surface area (Å²) in [6, 6.07) is 11.3. The van der Waals surface area contributed by atoms with Crippen LogP contribution in [0.15, 0.2) is 53.2 Å². The third-order valence-electron chi connectivity index (χ3n) is 3.04. The molecular weight excluding hydrogens is 303 g/mol. The molecule has 108 valence electrons. The Bertz CT molecular complexity index is 936. The highest BCUT2D eigenvalue weighted by atomic mass is 32.1. The van der Waals surface area contributed by atoms with E-state index >= 15 is 0 Å². The average Bonchev–Trinajstić information content (AvgIpc) is 3.15. The van der Waals surface area contributed by atoms with Gasteiger partial charge in [0.2, 0.25) is 5.88 Å². The standard InChI is InChI=1S/C15H9FN4OS/c16-11-2-1-3-12(8-11)21-14-5-4-13-17-18-15(20(13)19-14)10-6-7-22-9-10/h1-9H. The van der Waals surface area contributed by atoms with Crippen LogP contribution in [0.4, 0.5) is 4.39 Å². The van der Waals surface area contributed by atoms with Gasteiger partial charge in [0, 0.05) is 23.1 Å². The molecule has 22 heavy (non-hydrogen) atoms. The van der Waals surface area contributed by atoms with Crippen LogP contribution in [0.1, 0.15) is 0 Å². The molecule has 3 aromatic heterocycles. The number of halogens is 1. The van der Waals surface area contributed by atoms with Crippen molar-refractivity contribution in [2.24, 2.45) is 0 Å². The Balaban J connectivity index is 1.75. The van der Waals surface area contributed by atoms with Gasteiger partial charge in [-0.15, -0.1) is 15.3 Å². The first-order valence-corrected chi connectivity index (χ1v) is 7.42. The largest absolute Gasteiger partial charge is 0.437 e. The Morgan fingerprint density at radius 3 is 2.86 bits per heavy atom. The number of aromatic nitrogens is 4. The van der Waals surface area contributed by atoms with Gasteiger partial charge in [-0.05, 0) is 29.6 Å². The van der Waals surface area contributed by atoms with E-state index in [9.17, 15) is 4.39 Å². The lowest BCUT2D eigenvalue weighted by atomic mass is 10.3. The van der Waals surface area contributed by atoms with Gasteiger partial charge in [0.15, 0.2) is 11.5 Å². The molecule has 0 fully saturated rings. The first-order chi connectivity index (χ1) is 10.8. The van der Waals surface area contributed by atoms with Gasteiger partial charge in [-0.3, -0.25) is 0 Å². The minimum atomic E-state index is -0.359. The topological polar surface area (TPSA) is 52.3 Å². The zero-order chi connectivity index (χ0) is 14.9. The molecule has 0 amide bonds. The van der Waals surface area contributed by atoms with E-state index in [1.165, 1.54) is 12.1 Å². The highest BCUT2D eigenvalue weighted by Crippen LogP contribution is 2.23. The summed E-state index contributed by atoms with van der Waals surface area (Å²) < 4.78 is 20.4. The van der Waals surface area contributed by atoms with Crippen molar-refractivity contribution in [1.82, 2.24) is 19.8 Å². The SMILES string of the molecule is Fc1cccc(Oc2ccc3nnc(-c4ccsc4)n3n2)c1. The van der Waals surface area contributed by atoms with Gasteiger partial charge in [0.05, 0.1) is 0 Å². The predicted octanol–water partition coefficient (Wildman–Crippen LogP) is 3.78. The van der Waals surface area contributed by atoms with E-state index in [2.05, 4.69) is 15.3 Å². The van der Waals surface area contributed by atoms with Gasteiger partial charge >= 0.3 is 0 Å². The van der Waals surface area contributed by atoms with Crippen LogP contribution in [0.5, 0.6) is 11.6 Å². The van der Waals surface area contributed by atoms with Crippen LogP contribution in [0.25, 0.3) is 17.0 Å². The highest BCUT2D eigenvalue weighted by molar-refractivity contribution is 7.08. The van der Waals surface area contributed by atoms with E-state index < -0.39 is 0 Å². The summed E-state index contributed by atoms with van der Waals surface area (Å²) in [6.07, 6.45) is 0. The van der Waals surface area contributed by atoms with Crippen LogP contribution in [0.2, 0.25) is 0 Å². The van der Waals surface area contributed by atoms with Crippen LogP contribution in [0, 0.1) is 5.82 Å². The molecule has 7 heteroatoms. The van der Waals surface area contributed by atoms with Crippen LogP contribution < -0.4 is 4.74 Å². The first-order valence-electron chi connectivity index (χ1n) is 6.48. The zero-order valence-electron chi connectivity index (χ0n) is 11.2. The monoisotopic (exact) mass is 312 g/mol. The van der Waals surface area contributed by atoms with Gasteiger partial charge in [-0.1, -0.05) is 6.07 Å².